The third-order valence-corrected chi connectivity index (χ3v) is 5.54. The van der Waals surface area contributed by atoms with Crippen LogP contribution in [0.3, 0.4) is 0 Å². The van der Waals surface area contributed by atoms with E-state index in [9.17, 15) is 4.79 Å². The fraction of sp³-hybridized carbons (Fsp3) is 0.429. The van der Waals surface area contributed by atoms with Gasteiger partial charge in [0.1, 0.15) is 6.10 Å². The topological polar surface area (TPSA) is 42.4 Å². The number of aromatic nitrogens is 1. The first kappa shape index (κ1) is 16.3. The van der Waals surface area contributed by atoms with E-state index >= 15 is 0 Å². The summed E-state index contributed by atoms with van der Waals surface area (Å²) in [6, 6.07) is 13.9. The zero-order chi connectivity index (χ0) is 17.1. The summed E-state index contributed by atoms with van der Waals surface area (Å²) in [5, 5.41) is 0. The van der Waals surface area contributed by atoms with Crippen LogP contribution in [0, 0.1) is 5.92 Å². The third kappa shape index (κ3) is 3.74. The van der Waals surface area contributed by atoms with E-state index < -0.39 is 0 Å². The molecule has 1 aromatic carbocycles. The molecular weight excluding hydrogens is 312 g/mol. The monoisotopic (exact) mass is 336 g/mol. The van der Waals surface area contributed by atoms with Gasteiger partial charge in [-0.2, -0.15) is 0 Å². The van der Waals surface area contributed by atoms with Crippen molar-refractivity contribution in [2.45, 2.75) is 31.3 Å². The minimum Gasteiger partial charge on any atom is -0.460 e. The molecule has 25 heavy (non-hydrogen) atoms. The highest BCUT2D eigenvalue weighted by atomic mass is 16.5. The van der Waals surface area contributed by atoms with Gasteiger partial charge in [-0.05, 0) is 61.5 Å². The Kier molecular flexibility index (Phi) is 4.79. The number of piperidine rings is 3. The number of carbonyl (C=O) groups excluding carboxylic acids is 1. The molecule has 2 atom stereocenters. The smallest absolute Gasteiger partial charge is 0.314 e. The molecule has 0 N–H and O–H groups in total. The molecule has 0 saturated carbocycles. The minimum absolute atomic E-state index is 0.0543. The maximum Gasteiger partial charge on any atom is 0.314 e. The number of pyridine rings is 1. The molecule has 4 heterocycles. The van der Waals surface area contributed by atoms with Crippen molar-refractivity contribution in [3.05, 3.63) is 66.0 Å². The van der Waals surface area contributed by atoms with Crippen molar-refractivity contribution >= 4 is 5.97 Å². The van der Waals surface area contributed by atoms with E-state index in [1.807, 2.05) is 42.5 Å². The maximum atomic E-state index is 13.0. The van der Waals surface area contributed by atoms with E-state index in [2.05, 4.69) is 9.88 Å². The molecule has 3 aliphatic heterocycles. The number of hydrogen-bond acceptors (Lipinski definition) is 4. The Bertz CT molecular complexity index is 696. The molecule has 4 heteroatoms. The number of benzene rings is 1. The molecular formula is C21H24N2O2. The zero-order valence-corrected chi connectivity index (χ0v) is 14.4. The number of ether oxygens (including phenoxy) is 1. The fourth-order valence-corrected chi connectivity index (χ4v) is 4.05. The Morgan fingerprint density at radius 1 is 1.12 bits per heavy atom. The van der Waals surface area contributed by atoms with Gasteiger partial charge in [0, 0.05) is 18.9 Å². The molecule has 5 rings (SSSR count). The summed E-state index contributed by atoms with van der Waals surface area (Å²) in [6.45, 7) is 3.20. The summed E-state index contributed by atoms with van der Waals surface area (Å²) in [5.41, 5.74) is 2.13. The molecule has 1 aromatic heterocycles. The average molecular weight is 336 g/mol. The Morgan fingerprint density at radius 3 is 2.48 bits per heavy atom. The molecule has 0 amide bonds. The van der Waals surface area contributed by atoms with Gasteiger partial charge in [-0.3, -0.25) is 14.7 Å². The molecule has 2 bridgehead atoms. The predicted octanol–water partition coefficient (Wildman–Crippen LogP) is 3.05. The first-order valence-corrected chi connectivity index (χ1v) is 9.16. The van der Waals surface area contributed by atoms with E-state index in [1.165, 1.54) is 0 Å². The first-order chi connectivity index (χ1) is 12.3. The van der Waals surface area contributed by atoms with Gasteiger partial charge in [-0.25, -0.2) is 0 Å². The van der Waals surface area contributed by atoms with Crippen LogP contribution in [0.25, 0.3) is 0 Å². The van der Waals surface area contributed by atoms with Crippen molar-refractivity contribution in [1.82, 2.24) is 9.88 Å². The highest BCUT2D eigenvalue weighted by molar-refractivity contribution is 5.78. The van der Waals surface area contributed by atoms with Crippen molar-refractivity contribution in [2.24, 2.45) is 5.92 Å². The van der Waals surface area contributed by atoms with Gasteiger partial charge in [-0.15, -0.1) is 0 Å². The van der Waals surface area contributed by atoms with Crippen molar-refractivity contribution in [1.29, 1.82) is 0 Å². The molecule has 2 aromatic rings. The first-order valence-electron chi connectivity index (χ1n) is 9.16. The van der Waals surface area contributed by atoms with Gasteiger partial charge in [-0.1, -0.05) is 30.3 Å². The second kappa shape index (κ2) is 7.36. The highest BCUT2D eigenvalue weighted by Crippen LogP contribution is 2.31. The third-order valence-electron chi connectivity index (χ3n) is 5.54. The van der Waals surface area contributed by atoms with Gasteiger partial charge >= 0.3 is 5.97 Å². The second-order valence-electron chi connectivity index (χ2n) is 7.14. The molecule has 4 nitrogen and oxygen atoms in total. The summed E-state index contributed by atoms with van der Waals surface area (Å²) in [7, 11) is 0. The molecule has 0 radical (unpaired) electrons. The fourth-order valence-electron chi connectivity index (χ4n) is 4.05. The van der Waals surface area contributed by atoms with Crippen LogP contribution >= 0.6 is 0 Å². The van der Waals surface area contributed by atoms with E-state index in [-0.39, 0.29) is 18.0 Å². The van der Waals surface area contributed by atoms with E-state index in [0.717, 1.165) is 43.6 Å². The molecule has 0 spiro atoms. The van der Waals surface area contributed by atoms with Gasteiger partial charge in [0.15, 0.2) is 0 Å². The van der Waals surface area contributed by atoms with E-state index in [0.29, 0.717) is 12.3 Å². The lowest BCUT2D eigenvalue weighted by Gasteiger charge is -2.44. The van der Waals surface area contributed by atoms with Crippen LogP contribution in [0.4, 0.5) is 0 Å². The Labute approximate surface area is 148 Å². The van der Waals surface area contributed by atoms with Gasteiger partial charge < -0.3 is 4.74 Å². The van der Waals surface area contributed by atoms with Crippen LogP contribution in [0.1, 0.15) is 29.9 Å². The largest absolute Gasteiger partial charge is 0.460 e. The van der Waals surface area contributed by atoms with E-state index in [1.54, 1.807) is 12.4 Å². The lowest BCUT2D eigenvalue weighted by molar-refractivity contribution is -0.160. The normalized spacial score (nSPS) is 26.2. The van der Waals surface area contributed by atoms with Crippen LogP contribution in [0.5, 0.6) is 0 Å². The standard InChI is InChI=1S/C21H24N2O2/c24-21(25-20-15-23-12-8-18(20)9-13-23)19(17-4-2-1-3-5-17)14-16-6-10-22-11-7-16/h1-7,10-11,18-20H,8-9,12-15H2/t19?,20-/m0/s1. The van der Waals surface area contributed by atoms with E-state index in [4.69, 9.17) is 4.74 Å². The Balaban J connectivity index is 1.52. The van der Waals surface area contributed by atoms with Crippen LogP contribution in [0.15, 0.2) is 54.9 Å². The zero-order valence-electron chi connectivity index (χ0n) is 14.4. The summed E-state index contributed by atoms with van der Waals surface area (Å²) < 4.78 is 6.02. The Hall–Kier alpha value is -2.20. The molecule has 3 fully saturated rings. The van der Waals surface area contributed by atoms with Crippen LogP contribution in [0.2, 0.25) is 0 Å². The van der Waals surface area contributed by atoms with Crippen LogP contribution < -0.4 is 0 Å². The molecule has 0 aliphatic carbocycles. The summed E-state index contributed by atoms with van der Waals surface area (Å²) >= 11 is 0. The lowest BCUT2D eigenvalue weighted by atomic mass is 9.85. The number of rotatable bonds is 5. The van der Waals surface area contributed by atoms with Gasteiger partial charge in [0.25, 0.3) is 0 Å². The Morgan fingerprint density at radius 2 is 1.84 bits per heavy atom. The molecule has 3 aliphatic rings. The number of carbonyl (C=O) groups is 1. The molecule has 130 valence electrons. The van der Waals surface area contributed by atoms with Crippen molar-refractivity contribution in [3.63, 3.8) is 0 Å². The average Bonchev–Trinajstić information content (AvgIpc) is 2.68. The summed E-state index contributed by atoms with van der Waals surface area (Å²) in [5.74, 6) is 0.173. The SMILES string of the molecule is O=C(O[C@H]1CN2CCC1CC2)C(Cc1ccncc1)c1ccccc1. The molecule has 3 saturated heterocycles. The predicted molar refractivity (Wildman–Crippen MR) is 96.2 cm³/mol. The van der Waals surface area contributed by atoms with Gasteiger partial charge in [0.2, 0.25) is 0 Å². The summed E-state index contributed by atoms with van der Waals surface area (Å²) in [4.78, 5) is 19.5. The van der Waals surface area contributed by atoms with Gasteiger partial charge in [0.05, 0.1) is 5.92 Å². The quantitative estimate of drug-likeness (QED) is 0.787. The van der Waals surface area contributed by atoms with Crippen molar-refractivity contribution in [3.8, 4) is 0 Å². The van der Waals surface area contributed by atoms with Crippen molar-refractivity contribution < 1.29 is 9.53 Å². The number of fused-ring (bicyclic) bond motifs is 3. The number of nitrogens with zero attached hydrogens (tertiary/aromatic N) is 2. The molecule has 1 unspecified atom stereocenters. The van der Waals surface area contributed by atoms with Crippen LogP contribution in [-0.2, 0) is 16.0 Å². The highest BCUT2D eigenvalue weighted by Gasteiger charge is 2.37. The second-order valence-corrected chi connectivity index (χ2v) is 7.14. The van der Waals surface area contributed by atoms with Crippen molar-refractivity contribution in [2.75, 3.05) is 19.6 Å². The lowest BCUT2D eigenvalue weighted by Crippen LogP contribution is -2.52. The number of esters is 1. The summed E-state index contributed by atoms with van der Waals surface area (Å²) in [6.07, 6.45) is 6.55. The minimum atomic E-state index is -0.265. The number of hydrogen-bond donors (Lipinski definition) is 0. The maximum absolute atomic E-state index is 13.0. The van der Waals surface area contributed by atoms with Crippen LogP contribution in [-0.4, -0.2) is 41.6 Å².